The van der Waals surface area contributed by atoms with Gasteiger partial charge in [0.25, 0.3) is 5.91 Å². The molecule has 0 bridgehead atoms. The lowest BCUT2D eigenvalue weighted by Gasteiger charge is -2.22. The predicted molar refractivity (Wildman–Crippen MR) is 85.0 cm³/mol. The molecule has 0 spiro atoms. The maximum absolute atomic E-state index is 12.4. The van der Waals surface area contributed by atoms with Gasteiger partial charge in [-0.25, -0.2) is 0 Å². The van der Waals surface area contributed by atoms with Crippen molar-refractivity contribution in [3.8, 4) is 0 Å². The van der Waals surface area contributed by atoms with Gasteiger partial charge in [-0.15, -0.1) is 0 Å². The molecule has 5 heteroatoms. The van der Waals surface area contributed by atoms with Crippen molar-refractivity contribution in [3.63, 3.8) is 0 Å². The number of nitrogens with one attached hydrogen (secondary N) is 1. The van der Waals surface area contributed by atoms with Gasteiger partial charge in [-0.3, -0.25) is 9.59 Å². The van der Waals surface area contributed by atoms with E-state index >= 15 is 0 Å². The average Bonchev–Trinajstić information content (AvgIpc) is 3.02. The molecule has 118 valence electrons. The summed E-state index contributed by atoms with van der Waals surface area (Å²) < 4.78 is 5.57. The average molecular weight is 302 g/mol. The molecule has 2 amide bonds. The third kappa shape index (κ3) is 2.50. The molecule has 5 nitrogen and oxygen atoms in total. The number of ether oxygens (including phenoxy) is 1. The summed E-state index contributed by atoms with van der Waals surface area (Å²) in [5.74, 6) is -0.0469. The Labute approximate surface area is 130 Å². The first kappa shape index (κ1) is 15.0. The minimum Gasteiger partial charge on any atom is -0.365 e. The SMILES string of the molecule is CC(=O)N1c2ccc(NC(=O)[C@@]3(C)CCCO3)cc2C[C@H]1C. The van der Waals surface area contributed by atoms with E-state index in [0.29, 0.717) is 6.61 Å². The number of carbonyl (C=O) groups is 2. The number of carbonyl (C=O) groups excluding carboxylic acids is 2. The number of anilines is 2. The maximum atomic E-state index is 12.4. The lowest BCUT2D eigenvalue weighted by Crippen LogP contribution is -2.39. The Kier molecular flexibility index (Phi) is 3.68. The maximum Gasteiger partial charge on any atom is 0.256 e. The normalized spacial score (nSPS) is 26.9. The van der Waals surface area contributed by atoms with Crippen LogP contribution in [0.4, 0.5) is 11.4 Å². The van der Waals surface area contributed by atoms with Crippen molar-refractivity contribution >= 4 is 23.2 Å². The van der Waals surface area contributed by atoms with E-state index < -0.39 is 5.60 Å². The van der Waals surface area contributed by atoms with E-state index in [1.807, 2.05) is 36.9 Å². The fourth-order valence-corrected chi connectivity index (χ4v) is 3.41. The van der Waals surface area contributed by atoms with Crippen molar-refractivity contribution in [2.45, 2.75) is 51.7 Å². The number of hydrogen-bond acceptors (Lipinski definition) is 3. The minimum absolute atomic E-state index is 0.0508. The Balaban J connectivity index is 1.79. The van der Waals surface area contributed by atoms with Crippen LogP contribution in [0.25, 0.3) is 0 Å². The fraction of sp³-hybridized carbons (Fsp3) is 0.529. The minimum atomic E-state index is -0.724. The second kappa shape index (κ2) is 5.39. The van der Waals surface area contributed by atoms with E-state index in [9.17, 15) is 9.59 Å². The monoisotopic (exact) mass is 302 g/mol. The molecule has 0 aromatic heterocycles. The second-order valence-corrected chi connectivity index (χ2v) is 6.42. The van der Waals surface area contributed by atoms with Gasteiger partial charge in [-0.05, 0) is 56.9 Å². The lowest BCUT2D eigenvalue weighted by molar-refractivity contribution is -0.133. The summed E-state index contributed by atoms with van der Waals surface area (Å²) >= 11 is 0. The van der Waals surface area contributed by atoms with Crippen LogP contribution < -0.4 is 10.2 Å². The predicted octanol–water partition coefficient (Wildman–Crippen LogP) is 2.49. The topological polar surface area (TPSA) is 58.6 Å². The fourth-order valence-electron chi connectivity index (χ4n) is 3.41. The third-order valence-corrected chi connectivity index (χ3v) is 4.59. The van der Waals surface area contributed by atoms with E-state index in [-0.39, 0.29) is 17.9 Å². The van der Waals surface area contributed by atoms with Crippen LogP contribution in [0.3, 0.4) is 0 Å². The molecule has 1 N–H and O–H groups in total. The van der Waals surface area contributed by atoms with Gasteiger partial charge >= 0.3 is 0 Å². The van der Waals surface area contributed by atoms with Crippen LogP contribution in [0.2, 0.25) is 0 Å². The van der Waals surface area contributed by atoms with Crippen molar-refractivity contribution in [2.75, 3.05) is 16.8 Å². The number of hydrogen-bond donors (Lipinski definition) is 1. The summed E-state index contributed by atoms with van der Waals surface area (Å²) in [5, 5.41) is 2.95. The van der Waals surface area contributed by atoms with E-state index in [4.69, 9.17) is 4.74 Å². The van der Waals surface area contributed by atoms with Gasteiger partial charge in [0.1, 0.15) is 5.60 Å². The van der Waals surface area contributed by atoms with E-state index in [1.54, 1.807) is 6.92 Å². The molecule has 1 aromatic carbocycles. The van der Waals surface area contributed by atoms with Gasteiger partial charge in [0.2, 0.25) is 5.91 Å². The van der Waals surface area contributed by atoms with Gasteiger partial charge in [0.05, 0.1) is 0 Å². The molecular formula is C17H22N2O3. The van der Waals surface area contributed by atoms with Crippen LogP contribution in [0, 0.1) is 0 Å². The van der Waals surface area contributed by atoms with Crippen molar-refractivity contribution in [1.29, 1.82) is 0 Å². The van der Waals surface area contributed by atoms with Gasteiger partial charge in [-0.1, -0.05) is 0 Å². The van der Waals surface area contributed by atoms with Crippen molar-refractivity contribution in [3.05, 3.63) is 23.8 Å². The third-order valence-electron chi connectivity index (χ3n) is 4.59. The molecule has 1 aromatic rings. The molecule has 2 atom stereocenters. The quantitative estimate of drug-likeness (QED) is 0.913. The first-order chi connectivity index (χ1) is 10.4. The molecule has 1 fully saturated rings. The van der Waals surface area contributed by atoms with E-state index in [0.717, 1.165) is 36.2 Å². The molecule has 0 radical (unpaired) electrons. The Morgan fingerprint density at radius 3 is 2.82 bits per heavy atom. The molecule has 0 unspecified atom stereocenters. The highest BCUT2D eigenvalue weighted by Crippen LogP contribution is 2.34. The van der Waals surface area contributed by atoms with Crippen LogP contribution in [0.1, 0.15) is 39.2 Å². The van der Waals surface area contributed by atoms with E-state index in [1.165, 1.54) is 0 Å². The van der Waals surface area contributed by atoms with Crippen LogP contribution in [0.5, 0.6) is 0 Å². The lowest BCUT2D eigenvalue weighted by atomic mass is 10.0. The standard InChI is InChI=1S/C17H22N2O3/c1-11-9-13-10-14(5-6-15(13)19(11)12(2)20)18-16(21)17(3)7-4-8-22-17/h5-6,10-11H,4,7-9H2,1-3H3,(H,18,21)/t11-,17-/m1/s1. The molecule has 3 rings (SSSR count). The van der Waals surface area contributed by atoms with Gasteiger partial charge in [0.15, 0.2) is 0 Å². The van der Waals surface area contributed by atoms with Crippen LogP contribution >= 0.6 is 0 Å². The summed E-state index contributed by atoms with van der Waals surface area (Å²) in [6, 6.07) is 5.89. The van der Waals surface area contributed by atoms with Crippen molar-refractivity contribution in [1.82, 2.24) is 0 Å². The van der Waals surface area contributed by atoms with Crippen molar-refractivity contribution in [2.24, 2.45) is 0 Å². The summed E-state index contributed by atoms with van der Waals surface area (Å²) in [7, 11) is 0. The Bertz CT molecular complexity index is 620. The second-order valence-electron chi connectivity index (χ2n) is 6.42. The summed E-state index contributed by atoms with van der Waals surface area (Å²) in [5.41, 5.74) is 2.08. The highest BCUT2D eigenvalue weighted by Gasteiger charge is 2.38. The number of benzene rings is 1. The zero-order valence-electron chi connectivity index (χ0n) is 13.3. The summed E-state index contributed by atoms with van der Waals surface area (Å²) in [6.07, 6.45) is 2.48. The first-order valence-electron chi connectivity index (χ1n) is 7.79. The van der Waals surface area contributed by atoms with Crippen LogP contribution in [-0.4, -0.2) is 30.1 Å². The number of rotatable bonds is 2. The zero-order chi connectivity index (χ0) is 15.9. The smallest absolute Gasteiger partial charge is 0.256 e. The highest BCUT2D eigenvalue weighted by atomic mass is 16.5. The molecule has 0 aliphatic carbocycles. The van der Waals surface area contributed by atoms with E-state index in [2.05, 4.69) is 5.32 Å². The largest absolute Gasteiger partial charge is 0.365 e. The van der Waals surface area contributed by atoms with Crippen LogP contribution in [-0.2, 0) is 20.7 Å². The summed E-state index contributed by atoms with van der Waals surface area (Å²) in [4.78, 5) is 25.9. The molecule has 2 aliphatic rings. The Hall–Kier alpha value is -1.88. The Morgan fingerprint density at radius 1 is 1.41 bits per heavy atom. The number of fused-ring (bicyclic) bond motifs is 1. The molecule has 22 heavy (non-hydrogen) atoms. The molecule has 1 saturated heterocycles. The van der Waals surface area contributed by atoms with Crippen LogP contribution in [0.15, 0.2) is 18.2 Å². The number of amides is 2. The highest BCUT2D eigenvalue weighted by molar-refractivity contribution is 5.98. The molecular weight excluding hydrogens is 280 g/mol. The Morgan fingerprint density at radius 2 is 2.18 bits per heavy atom. The first-order valence-corrected chi connectivity index (χ1v) is 7.79. The van der Waals surface area contributed by atoms with Gasteiger partial charge < -0.3 is 15.0 Å². The van der Waals surface area contributed by atoms with Crippen molar-refractivity contribution < 1.29 is 14.3 Å². The molecule has 0 saturated carbocycles. The molecule has 2 aliphatic heterocycles. The van der Waals surface area contributed by atoms with Gasteiger partial charge in [0, 0.05) is 30.9 Å². The number of nitrogens with zero attached hydrogens (tertiary/aromatic N) is 1. The summed E-state index contributed by atoms with van der Waals surface area (Å²) in [6.45, 7) is 6.09. The van der Waals surface area contributed by atoms with Gasteiger partial charge in [-0.2, -0.15) is 0 Å². The molecule has 2 heterocycles. The zero-order valence-corrected chi connectivity index (χ0v) is 13.3.